The highest BCUT2D eigenvalue weighted by Gasteiger charge is 2.14. The van der Waals surface area contributed by atoms with Crippen molar-refractivity contribution < 1.29 is 8.78 Å². The second-order valence-electron chi connectivity index (χ2n) is 2.04. The van der Waals surface area contributed by atoms with Gasteiger partial charge in [-0.15, -0.1) is 0 Å². The number of anilines is 1. The summed E-state index contributed by atoms with van der Waals surface area (Å²) in [6, 6.07) is 1.50. The summed E-state index contributed by atoms with van der Waals surface area (Å²) in [6.07, 6.45) is -2.60. The zero-order chi connectivity index (χ0) is 9.30. The number of nitrogens with zero attached hydrogens (tertiary/aromatic N) is 1. The molecule has 6 heteroatoms. The molecule has 0 saturated heterocycles. The lowest BCUT2D eigenvalue weighted by Crippen LogP contribution is -2.01. The van der Waals surface area contributed by atoms with Gasteiger partial charge in [-0.2, -0.15) is 0 Å². The summed E-state index contributed by atoms with van der Waals surface area (Å²) in [5, 5.41) is 0. The van der Waals surface area contributed by atoms with Gasteiger partial charge in [-0.05, 0) is 51.2 Å². The number of pyridine rings is 1. The molecule has 1 aromatic heterocycles. The van der Waals surface area contributed by atoms with Crippen molar-refractivity contribution in [1.82, 2.24) is 4.98 Å². The number of nitrogens with two attached hydrogens (primary N) is 1. The number of halogens is 4. The van der Waals surface area contributed by atoms with Crippen molar-refractivity contribution in [2.75, 3.05) is 5.73 Å². The Kier molecular flexibility index (Phi) is 3.44. The molecule has 0 amide bonds. The SMILES string of the molecule is Nc1cc(I)c(I)nc1C(F)F. The number of alkyl halides is 2. The number of hydrogen-bond donors (Lipinski definition) is 1. The van der Waals surface area contributed by atoms with Crippen LogP contribution in [0.3, 0.4) is 0 Å². The summed E-state index contributed by atoms with van der Waals surface area (Å²) in [4.78, 5) is 3.68. The number of hydrogen-bond acceptors (Lipinski definition) is 2. The van der Waals surface area contributed by atoms with Crippen molar-refractivity contribution in [3.05, 3.63) is 19.0 Å². The normalized spacial score (nSPS) is 10.8. The van der Waals surface area contributed by atoms with Gasteiger partial charge in [0.1, 0.15) is 9.39 Å². The van der Waals surface area contributed by atoms with E-state index in [1.807, 2.05) is 45.2 Å². The first-order valence-corrected chi connectivity index (χ1v) is 5.07. The fourth-order valence-corrected chi connectivity index (χ4v) is 1.54. The van der Waals surface area contributed by atoms with E-state index in [1.165, 1.54) is 6.07 Å². The van der Waals surface area contributed by atoms with E-state index in [0.29, 0.717) is 3.70 Å². The molecule has 0 unspecified atom stereocenters. The number of nitrogen functional groups attached to an aromatic ring is 1. The fourth-order valence-electron chi connectivity index (χ4n) is 0.669. The highest BCUT2D eigenvalue weighted by molar-refractivity contribution is 14.1. The van der Waals surface area contributed by atoms with Crippen LogP contribution in [-0.2, 0) is 0 Å². The molecule has 0 spiro atoms. The second kappa shape index (κ2) is 3.99. The number of rotatable bonds is 1. The quantitative estimate of drug-likeness (QED) is 0.586. The molecular formula is C6H4F2I2N2. The van der Waals surface area contributed by atoms with Crippen molar-refractivity contribution in [2.24, 2.45) is 0 Å². The molecule has 0 fully saturated rings. The maximum Gasteiger partial charge on any atom is 0.282 e. The van der Waals surface area contributed by atoms with Gasteiger partial charge in [0.25, 0.3) is 6.43 Å². The monoisotopic (exact) mass is 396 g/mol. The maximum absolute atomic E-state index is 12.2. The third-order valence-corrected chi connectivity index (χ3v) is 3.88. The first-order chi connectivity index (χ1) is 5.52. The second-order valence-corrected chi connectivity index (χ2v) is 4.22. The molecule has 12 heavy (non-hydrogen) atoms. The first-order valence-electron chi connectivity index (χ1n) is 2.92. The highest BCUT2D eigenvalue weighted by Crippen LogP contribution is 2.26. The molecule has 0 aliphatic heterocycles. The van der Waals surface area contributed by atoms with Gasteiger partial charge in [0, 0.05) is 3.57 Å². The van der Waals surface area contributed by atoms with Crippen LogP contribution in [0, 0.1) is 7.27 Å². The standard InChI is InChI=1S/C6H4F2I2N2/c7-5(8)4-3(11)1-2(9)6(10)12-4/h1,5H,11H2. The minimum atomic E-state index is -2.60. The molecule has 0 aromatic carbocycles. The predicted molar refractivity (Wildman–Crippen MR) is 59.0 cm³/mol. The van der Waals surface area contributed by atoms with Gasteiger partial charge in [-0.25, -0.2) is 13.8 Å². The van der Waals surface area contributed by atoms with Crippen molar-refractivity contribution in [3.8, 4) is 0 Å². The fraction of sp³-hybridized carbons (Fsp3) is 0.167. The van der Waals surface area contributed by atoms with Crippen LogP contribution in [0.25, 0.3) is 0 Å². The van der Waals surface area contributed by atoms with Crippen molar-refractivity contribution in [2.45, 2.75) is 6.43 Å². The third-order valence-electron chi connectivity index (χ3n) is 1.20. The molecule has 2 nitrogen and oxygen atoms in total. The largest absolute Gasteiger partial charge is 0.397 e. The van der Waals surface area contributed by atoms with Gasteiger partial charge >= 0.3 is 0 Å². The smallest absolute Gasteiger partial charge is 0.282 e. The van der Waals surface area contributed by atoms with E-state index < -0.39 is 6.43 Å². The van der Waals surface area contributed by atoms with Crippen LogP contribution in [0.2, 0.25) is 0 Å². The minimum Gasteiger partial charge on any atom is -0.397 e. The lowest BCUT2D eigenvalue weighted by molar-refractivity contribution is 0.147. The summed E-state index contributed by atoms with van der Waals surface area (Å²) in [6.45, 7) is 0. The Morgan fingerprint density at radius 1 is 1.42 bits per heavy atom. The van der Waals surface area contributed by atoms with Gasteiger partial charge in [-0.3, -0.25) is 0 Å². The summed E-state index contributed by atoms with van der Waals surface area (Å²) in [7, 11) is 0. The molecule has 2 N–H and O–H groups in total. The molecule has 1 rings (SSSR count). The Balaban J connectivity index is 3.23. The topological polar surface area (TPSA) is 38.9 Å². The van der Waals surface area contributed by atoms with Gasteiger partial charge in [-0.1, -0.05) is 0 Å². The van der Waals surface area contributed by atoms with E-state index in [0.717, 1.165) is 3.57 Å². The first kappa shape index (κ1) is 10.4. The summed E-state index contributed by atoms with van der Waals surface area (Å²) in [5.74, 6) is 0. The van der Waals surface area contributed by atoms with Crippen LogP contribution in [0.4, 0.5) is 14.5 Å². The number of aromatic nitrogens is 1. The minimum absolute atomic E-state index is 0.0508. The van der Waals surface area contributed by atoms with Gasteiger partial charge in [0.2, 0.25) is 0 Å². The molecule has 1 heterocycles. The zero-order valence-corrected chi connectivity index (χ0v) is 10.0. The van der Waals surface area contributed by atoms with Crippen LogP contribution < -0.4 is 5.73 Å². The lowest BCUT2D eigenvalue weighted by Gasteiger charge is -2.04. The summed E-state index contributed by atoms with van der Waals surface area (Å²) >= 11 is 3.89. The van der Waals surface area contributed by atoms with Crippen LogP contribution in [0.1, 0.15) is 12.1 Å². The Morgan fingerprint density at radius 2 is 2.00 bits per heavy atom. The highest BCUT2D eigenvalue weighted by atomic mass is 127. The van der Waals surface area contributed by atoms with E-state index in [4.69, 9.17) is 5.73 Å². The average Bonchev–Trinajstić information content (AvgIpc) is 1.96. The molecular weight excluding hydrogens is 392 g/mol. The van der Waals surface area contributed by atoms with E-state index in [1.54, 1.807) is 0 Å². The Bertz CT molecular complexity index is 304. The Hall–Kier alpha value is 0.270. The molecule has 1 aromatic rings. The van der Waals surface area contributed by atoms with E-state index in [9.17, 15) is 8.78 Å². The van der Waals surface area contributed by atoms with Crippen LogP contribution in [0.15, 0.2) is 6.07 Å². The van der Waals surface area contributed by atoms with Crippen molar-refractivity contribution in [1.29, 1.82) is 0 Å². The molecule has 0 aliphatic carbocycles. The van der Waals surface area contributed by atoms with Gasteiger partial charge < -0.3 is 5.73 Å². The zero-order valence-electron chi connectivity index (χ0n) is 5.69. The average molecular weight is 396 g/mol. The van der Waals surface area contributed by atoms with Gasteiger partial charge in [0.05, 0.1) is 5.69 Å². The Labute approximate surface area is 95.2 Å². The van der Waals surface area contributed by atoms with Crippen LogP contribution in [0.5, 0.6) is 0 Å². The molecule has 0 atom stereocenters. The molecule has 0 saturated carbocycles. The predicted octanol–water partition coefficient (Wildman–Crippen LogP) is 2.81. The van der Waals surface area contributed by atoms with Crippen LogP contribution >= 0.6 is 45.2 Å². The van der Waals surface area contributed by atoms with Crippen molar-refractivity contribution in [3.63, 3.8) is 0 Å². The summed E-state index contributed by atoms with van der Waals surface area (Å²) < 4.78 is 25.7. The van der Waals surface area contributed by atoms with E-state index in [2.05, 4.69) is 4.98 Å². The summed E-state index contributed by atoms with van der Waals surface area (Å²) in [5.41, 5.74) is 5.06. The molecule has 0 radical (unpaired) electrons. The van der Waals surface area contributed by atoms with Crippen molar-refractivity contribution >= 4 is 50.9 Å². The van der Waals surface area contributed by atoms with Crippen LogP contribution in [-0.4, -0.2) is 4.98 Å². The van der Waals surface area contributed by atoms with E-state index >= 15 is 0 Å². The van der Waals surface area contributed by atoms with Gasteiger partial charge in [0.15, 0.2) is 0 Å². The lowest BCUT2D eigenvalue weighted by atomic mass is 10.3. The maximum atomic E-state index is 12.2. The third kappa shape index (κ3) is 2.15. The van der Waals surface area contributed by atoms with E-state index in [-0.39, 0.29) is 11.4 Å². The molecule has 0 bridgehead atoms. The Morgan fingerprint density at radius 3 is 2.50 bits per heavy atom. The molecule has 0 aliphatic rings. The molecule has 66 valence electrons.